The van der Waals surface area contributed by atoms with Crippen LogP contribution in [-0.4, -0.2) is 43.5 Å². The predicted octanol–water partition coefficient (Wildman–Crippen LogP) is 3.13. The van der Waals surface area contributed by atoms with Crippen LogP contribution in [-0.2, 0) is 0 Å². The molecule has 3 aromatic heterocycles. The average molecular weight is 355 g/mol. The van der Waals surface area contributed by atoms with E-state index in [-0.39, 0.29) is 5.91 Å². The Morgan fingerprint density at radius 2 is 2.12 bits per heavy atom. The van der Waals surface area contributed by atoms with Crippen LogP contribution in [0.5, 0.6) is 0 Å². The van der Waals surface area contributed by atoms with Crippen molar-refractivity contribution in [1.82, 2.24) is 24.5 Å². The summed E-state index contributed by atoms with van der Waals surface area (Å²) in [6, 6.07) is 3.76. The molecule has 1 aliphatic rings. The fourth-order valence-electron chi connectivity index (χ4n) is 3.48. The fraction of sp³-hybridized carbons (Fsp3) is 0.444. The van der Waals surface area contributed by atoms with Crippen LogP contribution >= 0.6 is 11.3 Å². The summed E-state index contributed by atoms with van der Waals surface area (Å²) in [5, 5.41) is 5.62. The number of nitrogens with zero attached hydrogens (tertiary/aromatic N) is 5. The minimum Gasteiger partial charge on any atom is -0.337 e. The van der Waals surface area contributed by atoms with Gasteiger partial charge in [-0.2, -0.15) is 5.10 Å². The van der Waals surface area contributed by atoms with E-state index in [1.165, 1.54) is 4.88 Å². The van der Waals surface area contributed by atoms with Crippen LogP contribution in [0.2, 0.25) is 0 Å². The lowest BCUT2D eigenvalue weighted by Gasteiger charge is -2.31. The maximum atomic E-state index is 13.0. The van der Waals surface area contributed by atoms with Gasteiger partial charge in [-0.1, -0.05) is 0 Å². The molecular formula is C18H21N5OS. The lowest BCUT2D eigenvalue weighted by molar-refractivity contribution is 0.0700. The lowest BCUT2D eigenvalue weighted by Crippen LogP contribution is -2.39. The SMILES string of the molecule is Cc1cc(C)n2nc(C(=O)N3CCCC(c4ncc(C)s4)C3)cc2n1. The third-order valence-electron chi connectivity index (χ3n) is 4.65. The van der Waals surface area contributed by atoms with Crippen molar-refractivity contribution in [2.24, 2.45) is 0 Å². The molecule has 1 unspecified atom stereocenters. The van der Waals surface area contributed by atoms with E-state index in [1.807, 2.05) is 31.0 Å². The molecular weight excluding hydrogens is 334 g/mol. The van der Waals surface area contributed by atoms with E-state index in [0.29, 0.717) is 18.2 Å². The molecule has 1 amide bonds. The van der Waals surface area contributed by atoms with E-state index in [4.69, 9.17) is 0 Å². The van der Waals surface area contributed by atoms with Crippen molar-refractivity contribution < 1.29 is 4.79 Å². The minimum absolute atomic E-state index is 0.0134. The highest BCUT2D eigenvalue weighted by Crippen LogP contribution is 2.30. The number of rotatable bonds is 2. The number of hydrogen-bond donors (Lipinski definition) is 0. The Hall–Kier alpha value is -2.28. The van der Waals surface area contributed by atoms with Crippen molar-refractivity contribution in [2.75, 3.05) is 13.1 Å². The molecule has 0 aromatic carbocycles. The molecule has 0 N–H and O–H groups in total. The number of piperidine rings is 1. The van der Waals surface area contributed by atoms with Crippen LogP contribution in [0.15, 0.2) is 18.3 Å². The molecule has 130 valence electrons. The highest BCUT2D eigenvalue weighted by molar-refractivity contribution is 7.11. The van der Waals surface area contributed by atoms with Crippen LogP contribution in [0, 0.1) is 20.8 Å². The number of hydrogen-bond acceptors (Lipinski definition) is 5. The minimum atomic E-state index is -0.0134. The van der Waals surface area contributed by atoms with E-state index in [0.717, 1.165) is 41.4 Å². The second-order valence-electron chi connectivity index (χ2n) is 6.74. The molecule has 3 aromatic rings. The molecule has 7 heteroatoms. The number of amides is 1. The van der Waals surface area contributed by atoms with E-state index >= 15 is 0 Å². The first-order valence-electron chi connectivity index (χ1n) is 8.57. The van der Waals surface area contributed by atoms with Gasteiger partial charge in [0.2, 0.25) is 0 Å². The zero-order valence-corrected chi connectivity index (χ0v) is 15.5. The Bertz CT molecular complexity index is 944. The van der Waals surface area contributed by atoms with Crippen LogP contribution < -0.4 is 0 Å². The van der Waals surface area contributed by atoms with Gasteiger partial charge < -0.3 is 4.90 Å². The number of carbonyl (C=O) groups is 1. The van der Waals surface area contributed by atoms with Crippen LogP contribution in [0.4, 0.5) is 0 Å². The number of likely N-dealkylation sites (tertiary alicyclic amines) is 1. The Morgan fingerprint density at radius 3 is 2.88 bits per heavy atom. The fourth-order valence-corrected chi connectivity index (χ4v) is 4.38. The first-order valence-corrected chi connectivity index (χ1v) is 9.38. The smallest absolute Gasteiger partial charge is 0.274 e. The molecule has 1 atom stereocenters. The molecule has 6 nitrogen and oxygen atoms in total. The van der Waals surface area contributed by atoms with Gasteiger partial charge in [0.05, 0.1) is 5.01 Å². The molecule has 1 fully saturated rings. The molecule has 0 aliphatic carbocycles. The zero-order chi connectivity index (χ0) is 17.6. The zero-order valence-electron chi connectivity index (χ0n) is 14.7. The van der Waals surface area contributed by atoms with Crippen molar-refractivity contribution >= 4 is 22.9 Å². The number of thiazole rings is 1. The first kappa shape index (κ1) is 16.2. The van der Waals surface area contributed by atoms with Crippen molar-refractivity contribution in [3.05, 3.63) is 45.3 Å². The lowest BCUT2D eigenvalue weighted by atomic mass is 9.98. The Labute approximate surface area is 150 Å². The van der Waals surface area contributed by atoms with E-state index in [2.05, 4.69) is 22.0 Å². The third-order valence-corrected chi connectivity index (χ3v) is 5.72. The van der Waals surface area contributed by atoms with Gasteiger partial charge >= 0.3 is 0 Å². The number of carbonyl (C=O) groups excluding carboxylic acids is 1. The van der Waals surface area contributed by atoms with Gasteiger partial charge in [-0.05, 0) is 39.7 Å². The van der Waals surface area contributed by atoms with Gasteiger partial charge in [0.1, 0.15) is 0 Å². The largest absolute Gasteiger partial charge is 0.337 e. The summed E-state index contributed by atoms with van der Waals surface area (Å²) < 4.78 is 1.74. The highest BCUT2D eigenvalue weighted by atomic mass is 32.1. The molecule has 0 radical (unpaired) electrons. The normalized spacial score (nSPS) is 18.0. The topological polar surface area (TPSA) is 63.4 Å². The summed E-state index contributed by atoms with van der Waals surface area (Å²) in [5.74, 6) is 0.316. The Balaban J connectivity index is 1.59. The van der Waals surface area contributed by atoms with E-state index < -0.39 is 0 Å². The van der Waals surface area contributed by atoms with E-state index in [1.54, 1.807) is 21.9 Å². The molecule has 1 saturated heterocycles. The highest BCUT2D eigenvalue weighted by Gasteiger charge is 2.28. The summed E-state index contributed by atoms with van der Waals surface area (Å²) in [5.41, 5.74) is 3.11. The molecule has 25 heavy (non-hydrogen) atoms. The van der Waals surface area contributed by atoms with Crippen molar-refractivity contribution in [1.29, 1.82) is 0 Å². The predicted molar refractivity (Wildman–Crippen MR) is 97.2 cm³/mol. The second-order valence-corrected chi connectivity index (χ2v) is 8.00. The van der Waals surface area contributed by atoms with Gasteiger partial charge in [0.15, 0.2) is 11.3 Å². The van der Waals surface area contributed by atoms with Crippen molar-refractivity contribution in [3.63, 3.8) is 0 Å². The quantitative estimate of drug-likeness (QED) is 0.708. The van der Waals surface area contributed by atoms with Gasteiger partial charge in [0, 0.05) is 47.5 Å². The van der Waals surface area contributed by atoms with Crippen LogP contribution in [0.25, 0.3) is 5.65 Å². The average Bonchev–Trinajstić information content (AvgIpc) is 3.21. The molecule has 4 rings (SSSR count). The Morgan fingerprint density at radius 1 is 1.28 bits per heavy atom. The molecule has 0 spiro atoms. The second kappa shape index (κ2) is 6.22. The maximum absolute atomic E-state index is 13.0. The maximum Gasteiger partial charge on any atom is 0.274 e. The standard InChI is InChI=1S/C18H21N5OS/c1-11-7-12(2)23-16(20-11)8-15(21-23)18(24)22-6-4-5-14(10-22)17-19-9-13(3)25-17/h7-9,14H,4-6,10H2,1-3H3. The van der Waals surface area contributed by atoms with Gasteiger partial charge in [-0.15, -0.1) is 11.3 Å². The van der Waals surface area contributed by atoms with Gasteiger partial charge in [-0.3, -0.25) is 4.79 Å². The summed E-state index contributed by atoms with van der Waals surface area (Å²) in [7, 11) is 0. The number of fused-ring (bicyclic) bond motifs is 1. The first-order chi connectivity index (χ1) is 12.0. The summed E-state index contributed by atoms with van der Waals surface area (Å²) >= 11 is 1.73. The van der Waals surface area contributed by atoms with Gasteiger partial charge in [-0.25, -0.2) is 14.5 Å². The van der Waals surface area contributed by atoms with Crippen LogP contribution in [0.1, 0.15) is 50.5 Å². The summed E-state index contributed by atoms with van der Waals surface area (Å²) in [4.78, 5) is 25.1. The number of aryl methyl sites for hydroxylation is 3. The van der Waals surface area contributed by atoms with E-state index in [9.17, 15) is 4.79 Å². The molecule has 1 aliphatic heterocycles. The Kier molecular flexibility index (Phi) is 4.03. The monoisotopic (exact) mass is 355 g/mol. The molecule has 4 heterocycles. The number of aromatic nitrogens is 4. The van der Waals surface area contributed by atoms with Gasteiger partial charge in [0.25, 0.3) is 5.91 Å². The third kappa shape index (κ3) is 3.04. The molecule has 0 bridgehead atoms. The van der Waals surface area contributed by atoms with Crippen molar-refractivity contribution in [3.8, 4) is 0 Å². The summed E-state index contributed by atoms with van der Waals surface area (Å²) in [6.45, 7) is 7.49. The van der Waals surface area contributed by atoms with Crippen LogP contribution in [0.3, 0.4) is 0 Å². The van der Waals surface area contributed by atoms with Crippen molar-refractivity contribution in [2.45, 2.75) is 39.5 Å². The molecule has 0 saturated carbocycles. The summed E-state index contributed by atoms with van der Waals surface area (Å²) in [6.07, 6.45) is 4.00.